The lowest BCUT2D eigenvalue weighted by atomic mass is 10.0. The van der Waals surface area contributed by atoms with Crippen molar-refractivity contribution >= 4 is 33.6 Å². The van der Waals surface area contributed by atoms with Crippen molar-refractivity contribution in [2.45, 2.75) is 6.42 Å². The summed E-state index contributed by atoms with van der Waals surface area (Å²) in [6.45, 7) is 0. The highest BCUT2D eigenvalue weighted by molar-refractivity contribution is 7.09. The van der Waals surface area contributed by atoms with E-state index < -0.39 is 0 Å². The zero-order chi connectivity index (χ0) is 13.2. The molecule has 2 N–H and O–H groups in total. The van der Waals surface area contributed by atoms with E-state index in [1.54, 1.807) is 11.7 Å². The summed E-state index contributed by atoms with van der Waals surface area (Å²) in [7, 11) is 0. The highest BCUT2D eigenvalue weighted by Gasteiger charge is 2.12. The number of carbonyl (C=O) groups excluding carboxylic acids is 1. The Morgan fingerprint density at radius 2 is 1.95 bits per heavy atom. The molecule has 0 bridgehead atoms. The van der Waals surface area contributed by atoms with E-state index in [4.69, 9.17) is 5.73 Å². The molecule has 0 saturated carbocycles. The Morgan fingerprint density at radius 3 is 2.63 bits per heavy atom. The van der Waals surface area contributed by atoms with Gasteiger partial charge in [0.05, 0.1) is 5.51 Å². The third kappa shape index (κ3) is 2.35. The summed E-state index contributed by atoms with van der Waals surface area (Å²) in [5.41, 5.74) is 8.84. The van der Waals surface area contributed by atoms with E-state index >= 15 is 0 Å². The summed E-state index contributed by atoms with van der Waals surface area (Å²) in [4.78, 5) is 17.2. The molecule has 19 heavy (non-hydrogen) atoms. The number of nitrogens with two attached hydrogens (primary N) is 1. The summed E-state index contributed by atoms with van der Waals surface area (Å²) in [5.74, 6) is 0.0347. The maximum Gasteiger partial charge on any atom is 0.170 e. The molecule has 0 aliphatic heterocycles. The molecule has 0 aliphatic carbocycles. The first-order chi connectivity index (χ1) is 9.24. The van der Waals surface area contributed by atoms with Crippen molar-refractivity contribution in [2.75, 3.05) is 5.73 Å². The molecule has 0 radical (unpaired) electrons. The molecular weight excluding hydrogens is 256 g/mol. The Bertz CT molecular complexity index is 735. The van der Waals surface area contributed by atoms with Crippen molar-refractivity contribution in [3.05, 3.63) is 58.5 Å². The third-order valence-electron chi connectivity index (χ3n) is 3.04. The molecule has 3 aromatic rings. The Labute approximate surface area is 114 Å². The normalized spacial score (nSPS) is 10.7. The summed E-state index contributed by atoms with van der Waals surface area (Å²) >= 11 is 1.48. The van der Waals surface area contributed by atoms with Gasteiger partial charge in [-0.05, 0) is 22.9 Å². The average Bonchev–Trinajstić information content (AvgIpc) is 2.90. The van der Waals surface area contributed by atoms with E-state index in [1.807, 2.05) is 36.4 Å². The number of fused-ring (bicyclic) bond motifs is 1. The first kappa shape index (κ1) is 11.9. The van der Waals surface area contributed by atoms with Crippen molar-refractivity contribution in [1.29, 1.82) is 0 Å². The van der Waals surface area contributed by atoms with E-state index in [0.717, 1.165) is 15.6 Å². The molecule has 0 fully saturated rings. The lowest BCUT2D eigenvalue weighted by molar-refractivity contribution is 0.0994. The van der Waals surface area contributed by atoms with Gasteiger partial charge in [0.2, 0.25) is 0 Å². The molecule has 0 aliphatic rings. The van der Waals surface area contributed by atoms with Crippen molar-refractivity contribution in [3.63, 3.8) is 0 Å². The number of hydrogen-bond donors (Lipinski definition) is 1. The topological polar surface area (TPSA) is 56.0 Å². The van der Waals surface area contributed by atoms with Crippen LogP contribution in [0.15, 0.2) is 48.1 Å². The van der Waals surface area contributed by atoms with Gasteiger partial charge >= 0.3 is 0 Å². The standard InChI is InChI=1S/C15H12N2OS/c16-14-6-11-4-2-1-3-10(11)5-13(14)15(18)7-12-8-17-9-19-12/h1-6,8-9H,7,16H2. The van der Waals surface area contributed by atoms with Gasteiger partial charge in [-0.1, -0.05) is 24.3 Å². The molecular formula is C15H12N2OS. The molecule has 3 rings (SSSR count). The number of ketones is 1. The number of aromatic nitrogens is 1. The van der Waals surface area contributed by atoms with Crippen LogP contribution in [0.25, 0.3) is 10.8 Å². The minimum atomic E-state index is 0.0347. The summed E-state index contributed by atoms with van der Waals surface area (Å²) in [6, 6.07) is 11.6. The van der Waals surface area contributed by atoms with Gasteiger partial charge in [-0.3, -0.25) is 9.78 Å². The van der Waals surface area contributed by atoms with Crippen LogP contribution in [0.3, 0.4) is 0 Å². The monoisotopic (exact) mass is 268 g/mol. The summed E-state index contributed by atoms with van der Waals surface area (Å²) in [5, 5.41) is 2.08. The number of nitrogen functional groups attached to an aromatic ring is 1. The highest BCUT2D eigenvalue weighted by atomic mass is 32.1. The maximum atomic E-state index is 12.3. The number of rotatable bonds is 3. The van der Waals surface area contributed by atoms with Crippen LogP contribution in [0.2, 0.25) is 0 Å². The smallest absolute Gasteiger partial charge is 0.170 e. The number of Topliss-reactive ketones (excluding diaryl/α,β-unsaturated/α-hetero) is 1. The van der Waals surface area contributed by atoms with Gasteiger partial charge in [-0.2, -0.15) is 0 Å². The van der Waals surface area contributed by atoms with E-state index in [1.165, 1.54) is 11.3 Å². The first-order valence-electron chi connectivity index (χ1n) is 5.93. The van der Waals surface area contributed by atoms with Gasteiger partial charge in [0, 0.05) is 28.7 Å². The minimum Gasteiger partial charge on any atom is -0.398 e. The second-order valence-corrected chi connectivity index (χ2v) is 5.33. The Hall–Kier alpha value is -2.20. The zero-order valence-corrected chi connectivity index (χ0v) is 11.0. The van der Waals surface area contributed by atoms with Crippen LogP contribution in [0.5, 0.6) is 0 Å². The number of hydrogen-bond acceptors (Lipinski definition) is 4. The number of benzene rings is 2. The molecule has 0 spiro atoms. The van der Waals surface area contributed by atoms with Gasteiger partial charge in [0.15, 0.2) is 5.78 Å². The van der Waals surface area contributed by atoms with E-state index in [2.05, 4.69) is 4.98 Å². The van der Waals surface area contributed by atoms with Crippen LogP contribution < -0.4 is 5.73 Å². The SMILES string of the molecule is Nc1cc2ccccc2cc1C(=O)Cc1cncs1. The average molecular weight is 268 g/mol. The first-order valence-corrected chi connectivity index (χ1v) is 6.81. The highest BCUT2D eigenvalue weighted by Crippen LogP contribution is 2.23. The van der Waals surface area contributed by atoms with Gasteiger partial charge in [0.25, 0.3) is 0 Å². The Morgan fingerprint density at radius 1 is 1.21 bits per heavy atom. The predicted octanol–water partition coefficient (Wildman–Crippen LogP) is 3.30. The predicted molar refractivity (Wildman–Crippen MR) is 78.5 cm³/mol. The number of thiazole rings is 1. The second kappa shape index (κ2) is 4.82. The van der Waals surface area contributed by atoms with Gasteiger partial charge in [-0.15, -0.1) is 11.3 Å². The van der Waals surface area contributed by atoms with Crippen LogP contribution >= 0.6 is 11.3 Å². The van der Waals surface area contributed by atoms with Crippen LogP contribution in [-0.4, -0.2) is 10.8 Å². The molecule has 1 aromatic heterocycles. The molecule has 3 nitrogen and oxygen atoms in total. The van der Waals surface area contributed by atoms with Crippen molar-refractivity contribution < 1.29 is 4.79 Å². The molecule has 1 heterocycles. The molecule has 0 unspecified atom stereocenters. The van der Waals surface area contributed by atoms with Crippen molar-refractivity contribution in [1.82, 2.24) is 4.98 Å². The molecule has 94 valence electrons. The lowest BCUT2D eigenvalue weighted by Gasteiger charge is -2.06. The van der Waals surface area contributed by atoms with Crippen LogP contribution in [0.1, 0.15) is 15.2 Å². The molecule has 2 aromatic carbocycles. The Kier molecular flexibility index (Phi) is 3.01. The molecule has 4 heteroatoms. The fourth-order valence-corrected chi connectivity index (χ4v) is 2.68. The van der Waals surface area contributed by atoms with Gasteiger partial charge in [-0.25, -0.2) is 0 Å². The number of carbonyl (C=O) groups is 1. The molecule has 0 atom stereocenters. The van der Waals surface area contributed by atoms with E-state index in [0.29, 0.717) is 17.7 Å². The van der Waals surface area contributed by atoms with E-state index in [-0.39, 0.29) is 5.78 Å². The zero-order valence-electron chi connectivity index (χ0n) is 10.2. The maximum absolute atomic E-state index is 12.3. The van der Waals surface area contributed by atoms with Gasteiger partial charge in [0.1, 0.15) is 0 Å². The van der Waals surface area contributed by atoms with Crippen LogP contribution in [0, 0.1) is 0 Å². The molecule has 0 amide bonds. The third-order valence-corrected chi connectivity index (χ3v) is 3.82. The fourth-order valence-electron chi connectivity index (χ4n) is 2.08. The number of anilines is 1. The summed E-state index contributed by atoms with van der Waals surface area (Å²) < 4.78 is 0. The fraction of sp³-hybridized carbons (Fsp3) is 0.0667. The Balaban J connectivity index is 1.99. The summed E-state index contributed by atoms with van der Waals surface area (Å²) in [6.07, 6.45) is 2.08. The van der Waals surface area contributed by atoms with E-state index in [9.17, 15) is 4.79 Å². The number of nitrogens with zero attached hydrogens (tertiary/aromatic N) is 1. The second-order valence-electron chi connectivity index (χ2n) is 4.35. The van der Waals surface area contributed by atoms with Crippen LogP contribution in [0.4, 0.5) is 5.69 Å². The van der Waals surface area contributed by atoms with Crippen molar-refractivity contribution in [2.24, 2.45) is 0 Å². The quantitative estimate of drug-likeness (QED) is 0.585. The lowest BCUT2D eigenvalue weighted by Crippen LogP contribution is -2.06. The van der Waals surface area contributed by atoms with Crippen molar-refractivity contribution in [3.8, 4) is 0 Å². The molecule has 0 saturated heterocycles. The minimum absolute atomic E-state index is 0.0347. The van der Waals surface area contributed by atoms with Crippen LogP contribution in [-0.2, 0) is 6.42 Å². The largest absolute Gasteiger partial charge is 0.398 e. The van der Waals surface area contributed by atoms with Gasteiger partial charge < -0.3 is 5.73 Å².